The van der Waals surface area contributed by atoms with Crippen molar-refractivity contribution in [3.63, 3.8) is 0 Å². The van der Waals surface area contributed by atoms with Gasteiger partial charge in [0.15, 0.2) is 0 Å². The molecule has 1 aromatic carbocycles. The fourth-order valence-corrected chi connectivity index (χ4v) is 9.49. The molecule has 3 fully saturated rings. The van der Waals surface area contributed by atoms with Gasteiger partial charge in [0.25, 0.3) is 0 Å². The third-order valence-electron chi connectivity index (χ3n) is 9.00. The summed E-state index contributed by atoms with van der Waals surface area (Å²) in [6, 6.07) is 6.88. The Morgan fingerprint density at radius 2 is 1.90 bits per heavy atom. The van der Waals surface area contributed by atoms with E-state index >= 15 is 0 Å². The van der Waals surface area contributed by atoms with Gasteiger partial charge in [-0.1, -0.05) is 29.5 Å². The Kier molecular flexibility index (Phi) is 8.29. The summed E-state index contributed by atoms with van der Waals surface area (Å²) in [6.45, 7) is 11.1. The van der Waals surface area contributed by atoms with Crippen molar-refractivity contribution in [3.05, 3.63) is 49.6 Å². The number of unbranched alkanes of at least 4 members (excludes halogenated alkanes) is 2. The highest BCUT2D eigenvalue weighted by molar-refractivity contribution is 8.02. The maximum Gasteiger partial charge on any atom is 0.248 e. The fourth-order valence-electron chi connectivity index (χ4n) is 7.14. The van der Waals surface area contributed by atoms with Crippen molar-refractivity contribution < 1.29 is 19.5 Å². The number of benzene rings is 1. The van der Waals surface area contributed by atoms with Crippen LogP contribution in [-0.4, -0.2) is 101 Å². The summed E-state index contributed by atoms with van der Waals surface area (Å²) in [5.41, 5.74) is 1.55. The second kappa shape index (κ2) is 11.6. The van der Waals surface area contributed by atoms with Gasteiger partial charge in [0, 0.05) is 38.0 Å². The number of hydrogen-bond donors (Lipinski definition) is 1. The molecular formula is C30H40N6O4S. The van der Waals surface area contributed by atoms with Crippen LogP contribution in [0.15, 0.2) is 49.6 Å². The second-order valence-electron chi connectivity index (χ2n) is 11.6. The quantitative estimate of drug-likeness (QED) is 0.286. The van der Waals surface area contributed by atoms with E-state index in [9.17, 15) is 19.5 Å². The summed E-state index contributed by atoms with van der Waals surface area (Å²) in [7, 11) is 1.75. The lowest BCUT2D eigenvalue weighted by atomic mass is 9.66. The molecule has 1 aromatic heterocycles. The van der Waals surface area contributed by atoms with Crippen LogP contribution in [0.25, 0.3) is 11.0 Å². The van der Waals surface area contributed by atoms with E-state index < -0.39 is 27.4 Å². The summed E-state index contributed by atoms with van der Waals surface area (Å²) >= 11 is 1.67. The zero-order chi connectivity index (χ0) is 29.4. The molecule has 41 heavy (non-hydrogen) atoms. The number of likely N-dealkylation sites (N-methyl/N-ethyl adjacent to an activating group) is 1. The molecule has 3 aliphatic rings. The van der Waals surface area contributed by atoms with Crippen LogP contribution < -0.4 is 0 Å². The molecule has 10 nitrogen and oxygen atoms in total. The molecule has 5 atom stereocenters. The van der Waals surface area contributed by atoms with Gasteiger partial charge in [-0.2, -0.15) is 0 Å². The normalized spacial score (nSPS) is 28.2. The molecule has 5 rings (SSSR count). The maximum absolute atomic E-state index is 14.6. The topological polar surface area (TPSA) is 112 Å². The number of aliphatic hydroxyl groups excluding tert-OH is 1. The Balaban J connectivity index is 1.52. The number of carbonyl (C=O) groups is 3. The van der Waals surface area contributed by atoms with Crippen molar-refractivity contribution in [2.75, 3.05) is 33.3 Å². The molecule has 1 spiro atoms. The number of thioether (sulfide) groups is 1. The molecule has 3 aliphatic heterocycles. The van der Waals surface area contributed by atoms with Crippen LogP contribution >= 0.6 is 11.8 Å². The molecule has 4 heterocycles. The molecule has 3 saturated heterocycles. The molecule has 2 bridgehead atoms. The SMILES string of the molecule is C=CCN(C)C(=O)[C@@H]1[C@H]2C(=O)N(CCCCCO)C(C(=O)N(CC=C)Cn3nnc4ccccc43)C23CC[C@@]1(C)S3. The summed E-state index contributed by atoms with van der Waals surface area (Å²) in [4.78, 5) is 47.8. The van der Waals surface area contributed by atoms with Gasteiger partial charge in [0.1, 0.15) is 18.2 Å². The third-order valence-corrected chi connectivity index (χ3v) is 11.0. The van der Waals surface area contributed by atoms with Crippen molar-refractivity contribution in [3.8, 4) is 0 Å². The zero-order valence-corrected chi connectivity index (χ0v) is 24.8. The van der Waals surface area contributed by atoms with Crippen LogP contribution in [0.3, 0.4) is 0 Å². The monoisotopic (exact) mass is 580 g/mol. The van der Waals surface area contributed by atoms with E-state index in [4.69, 9.17) is 0 Å². The molecule has 0 aliphatic carbocycles. The first-order chi connectivity index (χ1) is 19.7. The number of hydrogen-bond acceptors (Lipinski definition) is 7. The smallest absolute Gasteiger partial charge is 0.248 e. The third kappa shape index (κ3) is 4.86. The number of para-hydroxylation sites is 1. The Hall–Kier alpha value is -3.18. The van der Waals surface area contributed by atoms with Crippen LogP contribution in [0.2, 0.25) is 0 Å². The number of amides is 3. The van der Waals surface area contributed by atoms with E-state index in [1.54, 1.807) is 50.3 Å². The minimum absolute atomic E-state index is 0.0646. The zero-order valence-electron chi connectivity index (χ0n) is 23.9. The van der Waals surface area contributed by atoms with E-state index in [0.29, 0.717) is 32.4 Å². The van der Waals surface area contributed by atoms with Gasteiger partial charge in [0.05, 0.1) is 22.1 Å². The number of carbonyl (C=O) groups excluding carboxylic acids is 3. The van der Waals surface area contributed by atoms with Crippen LogP contribution in [0.5, 0.6) is 0 Å². The summed E-state index contributed by atoms with van der Waals surface area (Å²) in [5, 5.41) is 17.8. The summed E-state index contributed by atoms with van der Waals surface area (Å²) in [5.74, 6) is -1.42. The average Bonchev–Trinajstić information content (AvgIpc) is 3.66. The Bertz CT molecular complexity index is 1350. The van der Waals surface area contributed by atoms with E-state index in [2.05, 4.69) is 30.4 Å². The second-order valence-corrected chi connectivity index (χ2v) is 13.5. The molecule has 0 radical (unpaired) electrons. The Morgan fingerprint density at radius 1 is 1.15 bits per heavy atom. The van der Waals surface area contributed by atoms with Gasteiger partial charge in [0.2, 0.25) is 17.7 Å². The van der Waals surface area contributed by atoms with Crippen LogP contribution in [0, 0.1) is 11.8 Å². The molecule has 220 valence electrons. The van der Waals surface area contributed by atoms with E-state index in [0.717, 1.165) is 23.9 Å². The minimum Gasteiger partial charge on any atom is -0.396 e. The maximum atomic E-state index is 14.6. The first-order valence-corrected chi connectivity index (χ1v) is 15.2. The fraction of sp³-hybridized carbons (Fsp3) is 0.567. The van der Waals surface area contributed by atoms with Gasteiger partial charge in [-0.25, -0.2) is 4.68 Å². The highest BCUT2D eigenvalue weighted by atomic mass is 32.2. The molecule has 0 saturated carbocycles. The van der Waals surface area contributed by atoms with Crippen LogP contribution in [0.1, 0.15) is 39.0 Å². The van der Waals surface area contributed by atoms with Gasteiger partial charge in [-0.3, -0.25) is 14.4 Å². The minimum atomic E-state index is -0.710. The highest BCUT2D eigenvalue weighted by Crippen LogP contribution is 2.71. The molecule has 2 aromatic rings. The van der Waals surface area contributed by atoms with E-state index in [1.165, 1.54) is 0 Å². The first kappa shape index (κ1) is 29.3. The summed E-state index contributed by atoms with van der Waals surface area (Å²) in [6.07, 6.45) is 6.88. The highest BCUT2D eigenvalue weighted by Gasteiger charge is 2.77. The van der Waals surface area contributed by atoms with Crippen molar-refractivity contribution in [2.24, 2.45) is 11.8 Å². The first-order valence-electron chi connectivity index (χ1n) is 14.4. The van der Waals surface area contributed by atoms with Crippen molar-refractivity contribution >= 4 is 40.5 Å². The molecular weight excluding hydrogens is 540 g/mol. The van der Waals surface area contributed by atoms with Crippen molar-refractivity contribution in [1.82, 2.24) is 29.7 Å². The van der Waals surface area contributed by atoms with Crippen molar-refractivity contribution in [1.29, 1.82) is 0 Å². The lowest BCUT2D eigenvalue weighted by Crippen LogP contribution is -2.55. The van der Waals surface area contributed by atoms with Gasteiger partial charge in [-0.05, 0) is 51.2 Å². The predicted octanol–water partition coefficient (Wildman–Crippen LogP) is 2.69. The lowest BCUT2D eigenvalue weighted by molar-refractivity contribution is -0.145. The summed E-state index contributed by atoms with van der Waals surface area (Å²) < 4.78 is 0.574. The Morgan fingerprint density at radius 3 is 2.63 bits per heavy atom. The van der Waals surface area contributed by atoms with Crippen LogP contribution in [-0.2, 0) is 21.1 Å². The standard InChI is InChI=1S/C30H40N6O4S/c1-5-16-33(4)26(38)23-24-27(39)35(18-10-7-11-19-37)25(30(24)15-14-29(23,3)41-30)28(40)34(17-6-2)20-36-22-13-9-8-12-21(22)31-32-36/h5-6,8-9,12-13,23-25,37H,1-2,7,10-11,14-20H2,3-4H3/t23-,24-,25?,29+,30?/m0/s1. The van der Waals surface area contributed by atoms with Crippen LogP contribution in [0.4, 0.5) is 0 Å². The number of likely N-dealkylation sites (tertiary alicyclic amines) is 1. The van der Waals surface area contributed by atoms with E-state index in [1.807, 2.05) is 24.3 Å². The number of nitrogens with zero attached hydrogens (tertiary/aromatic N) is 6. The molecule has 3 amide bonds. The number of rotatable bonds is 13. The van der Waals surface area contributed by atoms with Gasteiger partial charge >= 0.3 is 0 Å². The Labute approximate surface area is 245 Å². The van der Waals surface area contributed by atoms with Crippen molar-refractivity contribution in [2.45, 2.75) is 61.2 Å². The lowest BCUT2D eigenvalue weighted by Gasteiger charge is -2.37. The largest absolute Gasteiger partial charge is 0.396 e. The molecule has 11 heteroatoms. The average molecular weight is 581 g/mol. The number of fused-ring (bicyclic) bond motifs is 2. The molecule has 1 N–H and O–H groups in total. The van der Waals surface area contributed by atoms with Gasteiger partial charge in [-0.15, -0.1) is 30.0 Å². The van der Waals surface area contributed by atoms with E-state index in [-0.39, 0.29) is 37.5 Å². The molecule has 2 unspecified atom stereocenters. The number of aliphatic hydroxyl groups is 1. The van der Waals surface area contributed by atoms with Gasteiger partial charge < -0.3 is 19.8 Å². The predicted molar refractivity (Wildman–Crippen MR) is 159 cm³/mol. The number of aromatic nitrogens is 3.